The quantitative estimate of drug-likeness (QED) is 0.723. The average molecular weight is 331 g/mol. The normalized spacial score (nSPS) is 12.5. The highest BCUT2D eigenvalue weighted by Gasteiger charge is 2.11. The van der Waals surface area contributed by atoms with Crippen molar-refractivity contribution >= 4 is 15.9 Å². The predicted octanol–water partition coefficient (Wildman–Crippen LogP) is 4.91. The van der Waals surface area contributed by atoms with E-state index in [0.29, 0.717) is 0 Å². The van der Waals surface area contributed by atoms with Gasteiger partial charge in [-0.15, -0.1) is 0 Å². The first-order valence-electron chi connectivity index (χ1n) is 5.50. The Bertz CT molecular complexity index is 525. The molecule has 2 aromatic carbocycles. The van der Waals surface area contributed by atoms with Gasteiger partial charge >= 0.3 is 6.61 Å². The Morgan fingerprint density at radius 1 is 0.842 bits per heavy atom. The summed E-state index contributed by atoms with van der Waals surface area (Å²) in [6.07, 6.45) is 0. The highest BCUT2D eigenvalue weighted by atomic mass is 79.9. The average Bonchev–Trinajstić information content (AvgIpc) is 2.39. The Labute approximate surface area is 117 Å². The van der Waals surface area contributed by atoms with Crippen molar-refractivity contribution in [3.05, 3.63) is 65.5 Å². The van der Waals surface area contributed by atoms with Gasteiger partial charge in [-0.2, -0.15) is 8.78 Å². The highest BCUT2D eigenvalue weighted by Crippen LogP contribution is 2.31. The fourth-order valence-electron chi connectivity index (χ4n) is 1.64. The van der Waals surface area contributed by atoms with Crippen LogP contribution < -0.4 is 4.74 Å². The molecule has 1 nitrogen and oxygen atoms in total. The molecule has 1 atom stereocenters. The van der Waals surface area contributed by atoms with Crippen LogP contribution in [0.4, 0.5) is 13.2 Å². The molecule has 1 unspecified atom stereocenters. The summed E-state index contributed by atoms with van der Waals surface area (Å²) in [5.41, 5.74) is 1.75. The summed E-state index contributed by atoms with van der Waals surface area (Å²) in [6, 6.07) is 12.4. The highest BCUT2D eigenvalue weighted by molar-refractivity contribution is 9.09. The van der Waals surface area contributed by atoms with E-state index < -0.39 is 6.61 Å². The summed E-state index contributed by atoms with van der Waals surface area (Å²) in [5, 5.41) is 0. The van der Waals surface area contributed by atoms with E-state index in [4.69, 9.17) is 0 Å². The van der Waals surface area contributed by atoms with Gasteiger partial charge in [0.1, 0.15) is 11.6 Å². The molecular formula is C14H10BrF3O. The van der Waals surface area contributed by atoms with Crippen LogP contribution in [0.15, 0.2) is 48.5 Å². The molecule has 0 saturated heterocycles. The number of ether oxygens (including phenoxy) is 1. The SMILES string of the molecule is Fc1ccc(C(Br)c2ccc(OC(F)F)cc2)cc1. The van der Waals surface area contributed by atoms with Crippen molar-refractivity contribution in [3.8, 4) is 5.75 Å². The van der Waals surface area contributed by atoms with Crippen molar-refractivity contribution in [1.82, 2.24) is 0 Å². The molecule has 2 rings (SSSR count). The number of rotatable bonds is 4. The van der Waals surface area contributed by atoms with E-state index in [-0.39, 0.29) is 16.4 Å². The molecule has 0 aliphatic heterocycles. The third-order valence-corrected chi connectivity index (χ3v) is 3.62. The van der Waals surface area contributed by atoms with Crippen molar-refractivity contribution in [3.63, 3.8) is 0 Å². The van der Waals surface area contributed by atoms with Gasteiger partial charge in [0.2, 0.25) is 0 Å². The van der Waals surface area contributed by atoms with Gasteiger partial charge in [0.15, 0.2) is 0 Å². The maximum atomic E-state index is 12.8. The lowest BCUT2D eigenvalue weighted by Crippen LogP contribution is -2.02. The van der Waals surface area contributed by atoms with Crippen LogP contribution in [0.5, 0.6) is 5.75 Å². The molecule has 0 N–H and O–H groups in total. The van der Waals surface area contributed by atoms with Gasteiger partial charge in [0.05, 0.1) is 4.83 Å². The molecule has 0 radical (unpaired) electrons. The molecule has 5 heteroatoms. The van der Waals surface area contributed by atoms with Crippen LogP contribution in [0.25, 0.3) is 0 Å². The third-order valence-electron chi connectivity index (χ3n) is 2.56. The van der Waals surface area contributed by atoms with Gasteiger partial charge in [0, 0.05) is 0 Å². The minimum Gasteiger partial charge on any atom is -0.435 e. The molecule has 0 heterocycles. The largest absolute Gasteiger partial charge is 0.435 e. The molecule has 0 aliphatic rings. The van der Waals surface area contributed by atoms with Gasteiger partial charge in [-0.1, -0.05) is 40.2 Å². The smallest absolute Gasteiger partial charge is 0.387 e. The second-order valence-corrected chi connectivity index (χ2v) is 4.78. The fraction of sp³-hybridized carbons (Fsp3) is 0.143. The molecule has 0 aromatic heterocycles. The Kier molecular flexibility index (Phi) is 4.47. The first-order valence-corrected chi connectivity index (χ1v) is 6.42. The number of halogens is 4. The number of benzene rings is 2. The number of hydrogen-bond donors (Lipinski definition) is 0. The van der Waals surface area contributed by atoms with Crippen molar-refractivity contribution in [2.45, 2.75) is 11.4 Å². The molecule has 0 fully saturated rings. The lowest BCUT2D eigenvalue weighted by Gasteiger charge is -2.11. The first kappa shape index (κ1) is 13.9. The van der Waals surface area contributed by atoms with E-state index in [1.165, 1.54) is 24.3 Å². The van der Waals surface area contributed by atoms with Gasteiger partial charge < -0.3 is 4.74 Å². The van der Waals surface area contributed by atoms with Crippen molar-refractivity contribution in [2.24, 2.45) is 0 Å². The van der Waals surface area contributed by atoms with Gasteiger partial charge in [0.25, 0.3) is 0 Å². The van der Waals surface area contributed by atoms with Crippen LogP contribution in [0.1, 0.15) is 16.0 Å². The van der Waals surface area contributed by atoms with E-state index in [9.17, 15) is 13.2 Å². The van der Waals surface area contributed by atoms with Crippen LogP contribution in [0.2, 0.25) is 0 Å². The zero-order valence-electron chi connectivity index (χ0n) is 9.69. The maximum Gasteiger partial charge on any atom is 0.387 e. The topological polar surface area (TPSA) is 9.23 Å². The summed E-state index contributed by atoms with van der Waals surface area (Å²) in [4.78, 5) is -0.131. The molecule has 0 bridgehead atoms. The second kappa shape index (κ2) is 6.10. The lowest BCUT2D eigenvalue weighted by atomic mass is 10.0. The zero-order valence-corrected chi connectivity index (χ0v) is 11.3. The summed E-state index contributed by atoms with van der Waals surface area (Å²) in [7, 11) is 0. The molecule has 2 aromatic rings. The second-order valence-electron chi connectivity index (χ2n) is 3.86. The minimum atomic E-state index is -2.83. The Morgan fingerprint density at radius 3 is 1.79 bits per heavy atom. The lowest BCUT2D eigenvalue weighted by molar-refractivity contribution is -0.0498. The standard InChI is InChI=1S/C14H10BrF3O/c15-13(9-1-5-11(16)6-2-9)10-3-7-12(8-4-10)19-14(17)18/h1-8,13-14H. The number of alkyl halides is 3. The van der Waals surface area contributed by atoms with Crippen molar-refractivity contribution in [2.75, 3.05) is 0 Å². The van der Waals surface area contributed by atoms with E-state index in [0.717, 1.165) is 11.1 Å². The predicted molar refractivity (Wildman–Crippen MR) is 70.2 cm³/mol. The molecular weight excluding hydrogens is 321 g/mol. The van der Waals surface area contributed by atoms with Crippen LogP contribution in [0.3, 0.4) is 0 Å². The van der Waals surface area contributed by atoms with Crippen LogP contribution in [-0.2, 0) is 0 Å². The van der Waals surface area contributed by atoms with E-state index in [1.807, 2.05) is 0 Å². The molecule has 0 amide bonds. The van der Waals surface area contributed by atoms with E-state index in [1.54, 1.807) is 24.3 Å². The Balaban J connectivity index is 2.15. The summed E-state index contributed by atoms with van der Waals surface area (Å²) >= 11 is 3.48. The Morgan fingerprint density at radius 2 is 1.32 bits per heavy atom. The van der Waals surface area contributed by atoms with Gasteiger partial charge in [-0.25, -0.2) is 4.39 Å². The summed E-state index contributed by atoms with van der Waals surface area (Å²) < 4.78 is 41.1. The molecule has 0 spiro atoms. The first-order chi connectivity index (χ1) is 9.06. The third kappa shape index (κ3) is 3.73. The van der Waals surface area contributed by atoms with E-state index in [2.05, 4.69) is 20.7 Å². The minimum absolute atomic E-state index is 0.109. The van der Waals surface area contributed by atoms with Crippen molar-refractivity contribution in [1.29, 1.82) is 0 Å². The molecule has 0 aliphatic carbocycles. The number of hydrogen-bond acceptors (Lipinski definition) is 1. The van der Waals surface area contributed by atoms with Crippen LogP contribution in [-0.4, -0.2) is 6.61 Å². The maximum absolute atomic E-state index is 12.8. The van der Waals surface area contributed by atoms with E-state index >= 15 is 0 Å². The van der Waals surface area contributed by atoms with Gasteiger partial charge in [-0.05, 0) is 35.4 Å². The summed E-state index contributed by atoms with van der Waals surface area (Å²) in [5.74, 6) is -0.193. The van der Waals surface area contributed by atoms with Crippen molar-refractivity contribution < 1.29 is 17.9 Å². The Hall–Kier alpha value is -1.49. The monoisotopic (exact) mass is 330 g/mol. The molecule has 0 saturated carbocycles. The van der Waals surface area contributed by atoms with Gasteiger partial charge in [-0.3, -0.25) is 0 Å². The summed E-state index contributed by atoms with van der Waals surface area (Å²) in [6.45, 7) is -2.83. The van der Waals surface area contributed by atoms with Crippen LogP contribution >= 0.6 is 15.9 Å². The van der Waals surface area contributed by atoms with Crippen LogP contribution in [0, 0.1) is 5.82 Å². The fourth-order valence-corrected chi connectivity index (χ4v) is 2.25. The molecule has 19 heavy (non-hydrogen) atoms. The molecule has 100 valence electrons. The zero-order chi connectivity index (χ0) is 13.8.